The third-order valence-corrected chi connectivity index (χ3v) is 5.15. The van der Waals surface area contributed by atoms with Crippen LogP contribution in [0.4, 0.5) is 0 Å². The predicted octanol–water partition coefficient (Wildman–Crippen LogP) is -5.00. The zero-order chi connectivity index (χ0) is 21.3. The number of hydrogen-bond acceptors (Lipinski definition) is 13. The largest absolute Gasteiger partial charge is 0.388 e. The topological polar surface area (TPSA) is 197 Å². The summed E-state index contributed by atoms with van der Waals surface area (Å²) in [7, 11) is 1.30. The average Bonchev–Trinajstić information content (AvgIpc) is 2.71. The first-order valence-electron chi connectivity index (χ1n) is 9.19. The molecule has 3 heterocycles. The fourth-order valence-electron chi connectivity index (χ4n) is 3.35. The van der Waals surface area contributed by atoms with E-state index in [4.69, 9.17) is 28.4 Å². The van der Waals surface area contributed by atoms with Crippen molar-refractivity contribution in [3.05, 3.63) is 0 Å². The van der Waals surface area contributed by atoms with Crippen LogP contribution in [-0.4, -0.2) is 136 Å². The molecule has 0 radical (unpaired) electrons. The standard InChI is InChI=1S/C16H28O13/c1-24-14-12(23)10(21)7(4-27-14)28-16-13(9(20)6(18)3-26-16)29-15-11(22)8(19)5(17)2-25-15/h5-23H,2-4H2,1H3. The Labute approximate surface area is 165 Å². The third kappa shape index (κ3) is 4.88. The van der Waals surface area contributed by atoms with Gasteiger partial charge in [0.15, 0.2) is 18.9 Å². The fraction of sp³-hybridized carbons (Fsp3) is 1.00. The van der Waals surface area contributed by atoms with Crippen molar-refractivity contribution in [2.24, 2.45) is 0 Å². The SMILES string of the molecule is COC1OCC(OC2OCC(O)C(O)C2OC2OCC(O)C(O)C2O)C(O)C1O. The highest BCUT2D eigenvalue weighted by Gasteiger charge is 2.48. The van der Waals surface area contributed by atoms with Crippen molar-refractivity contribution < 1.29 is 64.2 Å². The van der Waals surface area contributed by atoms with Crippen molar-refractivity contribution in [1.82, 2.24) is 0 Å². The number of rotatable bonds is 5. The zero-order valence-electron chi connectivity index (χ0n) is 15.6. The van der Waals surface area contributed by atoms with Gasteiger partial charge in [0.2, 0.25) is 0 Å². The van der Waals surface area contributed by atoms with Gasteiger partial charge in [-0.2, -0.15) is 0 Å². The van der Waals surface area contributed by atoms with Gasteiger partial charge in [-0.15, -0.1) is 0 Å². The number of aliphatic hydroxyl groups is 7. The molecule has 3 rings (SSSR count). The first-order valence-corrected chi connectivity index (χ1v) is 9.19. The molecule has 3 aliphatic rings. The molecule has 3 fully saturated rings. The lowest BCUT2D eigenvalue weighted by Crippen LogP contribution is -2.62. The molecule has 13 heteroatoms. The second-order valence-corrected chi connectivity index (χ2v) is 7.20. The van der Waals surface area contributed by atoms with Crippen molar-refractivity contribution in [2.45, 2.75) is 73.8 Å². The monoisotopic (exact) mass is 428 g/mol. The highest BCUT2D eigenvalue weighted by atomic mass is 16.8. The van der Waals surface area contributed by atoms with Crippen LogP contribution in [0.15, 0.2) is 0 Å². The highest BCUT2D eigenvalue weighted by Crippen LogP contribution is 2.28. The average molecular weight is 428 g/mol. The fourth-order valence-corrected chi connectivity index (χ4v) is 3.35. The Morgan fingerprint density at radius 1 is 0.586 bits per heavy atom. The molecule has 0 amide bonds. The molecule has 3 aliphatic heterocycles. The van der Waals surface area contributed by atoms with E-state index in [9.17, 15) is 35.7 Å². The van der Waals surface area contributed by atoms with Gasteiger partial charge >= 0.3 is 0 Å². The Balaban J connectivity index is 1.68. The van der Waals surface area contributed by atoms with Crippen molar-refractivity contribution in [1.29, 1.82) is 0 Å². The van der Waals surface area contributed by atoms with Gasteiger partial charge in [-0.1, -0.05) is 0 Å². The van der Waals surface area contributed by atoms with E-state index in [1.807, 2.05) is 0 Å². The Morgan fingerprint density at radius 2 is 1.14 bits per heavy atom. The maximum absolute atomic E-state index is 10.3. The van der Waals surface area contributed by atoms with Gasteiger partial charge in [0, 0.05) is 7.11 Å². The van der Waals surface area contributed by atoms with E-state index in [0.29, 0.717) is 0 Å². The molecule has 0 aromatic rings. The lowest BCUT2D eigenvalue weighted by atomic mass is 10.0. The molecule has 0 aromatic heterocycles. The minimum atomic E-state index is -1.64. The quantitative estimate of drug-likeness (QED) is 0.220. The van der Waals surface area contributed by atoms with Crippen LogP contribution in [0.3, 0.4) is 0 Å². The lowest BCUT2D eigenvalue weighted by molar-refractivity contribution is -0.362. The lowest BCUT2D eigenvalue weighted by Gasteiger charge is -2.44. The van der Waals surface area contributed by atoms with E-state index in [0.717, 1.165) is 0 Å². The molecule has 0 aromatic carbocycles. The third-order valence-electron chi connectivity index (χ3n) is 5.15. The summed E-state index contributed by atoms with van der Waals surface area (Å²) in [6, 6.07) is 0. The molecule has 29 heavy (non-hydrogen) atoms. The molecule has 7 N–H and O–H groups in total. The van der Waals surface area contributed by atoms with Crippen LogP contribution in [0.25, 0.3) is 0 Å². The van der Waals surface area contributed by atoms with Crippen LogP contribution in [0, 0.1) is 0 Å². The van der Waals surface area contributed by atoms with E-state index in [1.165, 1.54) is 7.11 Å². The smallest absolute Gasteiger partial charge is 0.187 e. The molecule has 0 bridgehead atoms. The summed E-state index contributed by atoms with van der Waals surface area (Å²) in [6.45, 7) is -0.816. The first kappa shape index (κ1) is 23.1. The summed E-state index contributed by atoms with van der Waals surface area (Å²) >= 11 is 0. The second-order valence-electron chi connectivity index (χ2n) is 7.20. The van der Waals surface area contributed by atoms with E-state index >= 15 is 0 Å². The molecule has 12 unspecified atom stereocenters. The van der Waals surface area contributed by atoms with Crippen LogP contribution in [0.5, 0.6) is 0 Å². The summed E-state index contributed by atoms with van der Waals surface area (Å²) in [4.78, 5) is 0. The molecular weight excluding hydrogens is 400 g/mol. The molecular formula is C16H28O13. The number of methoxy groups -OCH3 is 1. The number of aliphatic hydroxyl groups excluding tert-OH is 7. The summed E-state index contributed by atoms with van der Waals surface area (Å²) < 4.78 is 31.7. The van der Waals surface area contributed by atoms with E-state index in [2.05, 4.69) is 0 Å². The van der Waals surface area contributed by atoms with E-state index in [1.54, 1.807) is 0 Å². The molecule has 13 nitrogen and oxygen atoms in total. The van der Waals surface area contributed by atoms with Gasteiger partial charge in [0.1, 0.15) is 54.9 Å². The molecule has 0 saturated carbocycles. The van der Waals surface area contributed by atoms with E-state index < -0.39 is 73.8 Å². The normalized spacial score (nSPS) is 51.7. The summed E-state index contributed by atoms with van der Waals surface area (Å²) in [5.41, 5.74) is 0. The molecule has 3 saturated heterocycles. The zero-order valence-corrected chi connectivity index (χ0v) is 15.6. The Bertz CT molecular complexity index is 523. The maximum atomic E-state index is 10.3. The van der Waals surface area contributed by atoms with Crippen LogP contribution in [0.1, 0.15) is 0 Å². The van der Waals surface area contributed by atoms with Gasteiger partial charge in [0.05, 0.1) is 19.8 Å². The highest BCUT2D eigenvalue weighted by molar-refractivity contribution is 4.90. The van der Waals surface area contributed by atoms with Crippen LogP contribution >= 0.6 is 0 Å². The molecule has 0 aliphatic carbocycles. The Kier molecular flexibility index (Phi) is 7.77. The molecule has 0 spiro atoms. The van der Waals surface area contributed by atoms with Crippen LogP contribution in [-0.2, 0) is 28.4 Å². The summed E-state index contributed by atoms with van der Waals surface area (Å²) in [5.74, 6) is 0. The number of ether oxygens (including phenoxy) is 6. The molecule has 12 atom stereocenters. The van der Waals surface area contributed by atoms with Gasteiger partial charge in [-0.25, -0.2) is 0 Å². The minimum Gasteiger partial charge on any atom is -0.388 e. The van der Waals surface area contributed by atoms with Crippen LogP contribution < -0.4 is 0 Å². The minimum absolute atomic E-state index is 0.171. The maximum Gasteiger partial charge on any atom is 0.187 e. The van der Waals surface area contributed by atoms with E-state index in [-0.39, 0.29) is 19.8 Å². The summed E-state index contributed by atoms with van der Waals surface area (Å²) in [6.07, 6.45) is -16.5. The number of hydrogen-bond donors (Lipinski definition) is 7. The second kappa shape index (κ2) is 9.74. The van der Waals surface area contributed by atoms with Crippen molar-refractivity contribution in [3.8, 4) is 0 Å². The van der Waals surface area contributed by atoms with Gasteiger partial charge in [0.25, 0.3) is 0 Å². The summed E-state index contributed by atoms with van der Waals surface area (Å²) in [5, 5.41) is 69.8. The predicted molar refractivity (Wildman–Crippen MR) is 88.0 cm³/mol. The van der Waals surface area contributed by atoms with Crippen molar-refractivity contribution in [3.63, 3.8) is 0 Å². The molecule has 170 valence electrons. The van der Waals surface area contributed by atoms with Crippen molar-refractivity contribution in [2.75, 3.05) is 26.9 Å². The van der Waals surface area contributed by atoms with Gasteiger partial charge < -0.3 is 64.2 Å². The van der Waals surface area contributed by atoms with Crippen molar-refractivity contribution >= 4 is 0 Å². The van der Waals surface area contributed by atoms with Gasteiger partial charge in [-0.05, 0) is 0 Å². The van der Waals surface area contributed by atoms with Gasteiger partial charge in [-0.3, -0.25) is 0 Å². The van der Waals surface area contributed by atoms with Crippen LogP contribution in [0.2, 0.25) is 0 Å². The Hall–Kier alpha value is -0.520. The Morgan fingerprint density at radius 3 is 1.79 bits per heavy atom. The first-order chi connectivity index (χ1) is 13.7.